The van der Waals surface area contributed by atoms with Gasteiger partial charge in [-0.1, -0.05) is 6.42 Å². The van der Waals surface area contributed by atoms with E-state index in [9.17, 15) is 4.79 Å². The van der Waals surface area contributed by atoms with Crippen LogP contribution in [0.25, 0.3) is 0 Å². The zero-order valence-corrected chi connectivity index (χ0v) is 12.6. The lowest BCUT2D eigenvalue weighted by Gasteiger charge is -2.33. The van der Waals surface area contributed by atoms with Gasteiger partial charge in [0.1, 0.15) is 0 Å². The highest BCUT2D eigenvalue weighted by atomic mass is 16.5. The third-order valence-corrected chi connectivity index (χ3v) is 4.63. The third-order valence-electron chi connectivity index (χ3n) is 4.63. The number of hydrogen-bond acceptors (Lipinski definition) is 4. The van der Waals surface area contributed by atoms with Crippen LogP contribution >= 0.6 is 0 Å². The molecular weight excluding hydrogens is 254 g/mol. The molecule has 1 amide bonds. The van der Waals surface area contributed by atoms with E-state index in [1.54, 1.807) is 7.11 Å². The summed E-state index contributed by atoms with van der Waals surface area (Å²) >= 11 is 0. The molecule has 2 unspecified atom stereocenters. The molecule has 2 rings (SSSR count). The van der Waals surface area contributed by atoms with E-state index in [4.69, 9.17) is 10.5 Å². The van der Waals surface area contributed by atoms with Gasteiger partial charge in [0.2, 0.25) is 5.91 Å². The molecule has 2 atom stereocenters. The predicted octanol–water partition coefficient (Wildman–Crippen LogP) is 0.731. The second kappa shape index (κ2) is 7.96. The average Bonchev–Trinajstić information content (AvgIpc) is 2.46. The molecule has 0 aromatic rings. The van der Waals surface area contributed by atoms with Crippen LogP contribution in [0.2, 0.25) is 0 Å². The van der Waals surface area contributed by atoms with E-state index >= 15 is 0 Å². The summed E-state index contributed by atoms with van der Waals surface area (Å²) in [5.74, 6) is 0.376. The van der Waals surface area contributed by atoms with Crippen molar-refractivity contribution >= 4 is 5.91 Å². The summed E-state index contributed by atoms with van der Waals surface area (Å²) < 4.78 is 5.10. The molecule has 0 aromatic carbocycles. The Labute approximate surface area is 122 Å². The molecule has 2 aliphatic rings. The topological polar surface area (TPSA) is 67.6 Å². The molecule has 1 saturated carbocycles. The van der Waals surface area contributed by atoms with Crippen LogP contribution in [0.15, 0.2) is 0 Å². The van der Waals surface area contributed by atoms with E-state index in [-0.39, 0.29) is 17.9 Å². The molecule has 0 radical (unpaired) electrons. The third kappa shape index (κ3) is 4.72. The Hall–Kier alpha value is -0.650. The summed E-state index contributed by atoms with van der Waals surface area (Å²) in [5, 5.41) is 3.23. The minimum atomic E-state index is 0.144. The molecule has 0 spiro atoms. The van der Waals surface area contributed by atoms with Gasteiger partial charge in [0, 0.05) is 44.7 Å². The lowest BCUT2D eigenvalue weighted by atomic mass is 9.85. The molecule has 1 heterocycles. The van der Waals surface area contributed by atoms with E-state index in [0.717, 1.165) is 64.8 Å². The number of hydrogen-bond donors (Lipinski definition) is 2. The minimum Gasteiger partial charge on any atom is -0.383 e. The maximum atomic E-state index is 12.3. The first kappa shape index (κ1) is 15.7. The number of carbonyl (C=O) groups excluding carboxylic acids is 1. The largest absolute Gasteiger partial charge is 0.383 e. The number of ether oxygens (including phenoxy) is 1. The van der Waals surface area contributed by atoms with Crippen molar-refractivity contribution in [3.63, 3.8) is 0 Å². The Morgan fingerprint density at radius 1 is 1.30 bits per heavy atom. The van der Waals surface area contributed by atoms with Gasteiger partial charge in [-0.15, -0.1) is 0 Å². The van der Waals surface area contributed by atoms with Gasteiger partial charge in [0.15, 0.2) is 0 Å². The number of nitrogens with two attached hydrogens (primary N) is 1. The van der Waals surface area contributed by atoms with Crippen LogP contribution in [0.3, 0.4) is 0 Å². The average molecular weight is 283 g/mol. The van der Waals surface area contributed by atoms with Crippen LogP contribution in [0, 0.1) is 5.92 Å². The van der Waals surface area contributed by atoms with Crippen LogP contribution in [-0.2, 0) is 9.53 Å². The zero-order valence-electron chi connectivity index (χ0n) is 12.6. The normalized spacial score (nSPS) is 29.3. The van der Waals surface area contributed by atoms with E-state index in [0.29, 0.717) is 6.04 Å². The van der Waals surface area contributed by atoms with E-state index in [2.05, 4.69) is 10.2 Å². The van der Waals surface area contributed by atoms with Gasteiger partial charge >= 0.3 is 0 Å². The molecule has 1 saturated heterocycles. The predicted molar refractivity (Wildman–Crippen MR) is 79.4 cm³/mol. The fraction of sp³-hybridized carbons (Fsp3) is 0.933. The molecule has 2 fully saturated rings. The molecule has 20 heavy (non-hydrogen) atoms. The zero-order chi connectivity index (χ0) is 14.4. The van der Waals surface area contributed by atoms with E-state index in [1.165, 1.54) is 0 Å². The molecular formula is C15H29N3O2. The van der Waals surface area contributed by atoms with E-state index in [1.807, 2.05) is 0 Å². The molecule has 5 heteroatoms. The summed E-state index contributed by atoms with van der Waals surface area (Å²) in [6.45, 7) is 3.89. The minimum absolute atomic E-state index is 0.144. The first-order valence-corrected chi connectivity index (χ1v) is 7.96. The number of methoxy groups -OCH3 is 1. The van der Waals surface area contributed by atoms with Crippen molar-refractivity contribution in [3.05, 3.63) is 0 Å². The maximum absolute atomic E-state index is 12.3. The first-order chi connectivity index (χ1) is 9.69. The molecule has 116 valence electrons. The number of amides is 1. The maximum Gasteiger partial charge on any atom is 0.223 e. The summed E-state index contributed by atoms with van der Waals surface area (Å²) in [4.78, 5) is 14.7. The smallest absolute Gasteiger partial charge is 0.223 e. The number of likely N-dealkylation sites (tertiary alicyclic amines) is 1. The van der Waals surface area contributed by atoms with Crippen LogP contribution in [-0.4, -0.2) is 56.2 Å². The molecule has 1 aliphatic heterocycles. The Morgan fingerprint density at radius 2 is 2.05 bits per heavy atom. The monoisotopic (exact) mass is 283 g/mol. The van der Waals surface area contributed by atoms with Crippen LogP contribution in [0.1, 0.15) is 38.5 Å². The first-order valence-electron chi connectivity index (χ1n) is 7.96. The van der Waals surface area contributed by atoms with Crippen LogP contribution in [0.5, 0.6) is 0 Å². The Bertz CT molecular complexity index is 303. The Kier molecular flexibility index (Phi) is 6.26. The van der Waals surface area contributed by atoms with Gasteiger partial charge in [-0.05, 0) is 32.1 Å². The highest BCUT2D eigenvalue weighted by molar-refractivity contribution is 5.79. The summed E-state index contributed by atoms with van der Waals surface area (Å²) in [5.41, 5.74) is 5.96. The molecule has 5 nitrogen and oxygen atoms in total. The van der Waals surface area contributed by atoms with Crippen molar-refractivity contribution < 1.29 is 9.53 Å². The van der Waals surface area contributed by atoms with Gasteiger partial charge in [0.05, 0.1) is 6.61 Å². The fourth-order valence-corrected chi connectivity index (χ4v) is 3.31. The van der Waals surface area contributed by atoms with Crippen LogP contribution < -0.4 is 11.1 Å². The molecule has 1 aliphatic carbocycles. The molecule has 0 aromatic heterocycles. The second-order valence-corrected chi connectivity index (χ2v) is 6.24. The number of piperidine rings is 1. The van der Waals surface area contributed by atoms with Crippen molar-refractivity contribution in [1.82, 2.24) is 10.2 Å². The van der Waals surface area contributed by atoms with Crippen LogP contribution in [0.4, 0.5) is 0 Å². The van der Waals surface area contributed by atoms with Crippen molar-refractivity contribution in [2.75, 3.05) is 33.4 Å². The molecule has 0 bridgehead atoms. The van der Waals surface area contributed by atoms with Crippen molar-refractivity contribution in [2.45, 2.75) is 50.6 Å². The summed E-state index contributed by atoms with van der Waals surface area (Å²) in [6.07, 6.45) is 6.13. The lowest BCUT2D eigenvalue weighted by molar-refractivity contribution is -0.127. The van der Waals surface area contributed by atoms with Gasteiger partial charge in [-0.3, -0.25) is 4.79 Å². The Morgan fingerprint density at radius 3 is 2.70 bits per heavy atom. The Balaban J connectivity index is 1.68. The quantitative estimate of drug-likeness (QED) is 0.780. The molecule has 3 N–H and O–H groups in total. The van der Waals surface area contributed by atoms with Gasteiger partial charge in [0.25, 0.3) is 0 Å². The lowest BCUT2D eigenvalue weighted by Crippen LogP contribution is -2.48. The highest BCUT2D eigenvalue weighted by Gasteiger charge is 2.28. The van der Waals surface area contributed by atoms with Gasteiger partial charge in [-0.25, -0.2) is 0 Å². The summed E-state index contributed by atoms with van der Waals surface area (Å²) in [6, 6.07) is 0.565. The number of nitrogens with one attached hydrogen (secondary N) is 1. The van der Waals surface area contributed by atoms with E-state index < -0.39 is 0 Å². The standard InChI is InChI=1S/C15H29N3O2/c1-20-10-9-18-7-5-14(6-8-18)17-15(19)12-3-2-4-13(16)11-12/h12-14H,2-11,16H2,1H3,(H,17,19). The second-order valence-electron chi connectivity index (χ2n) is 6.24. The highest BCUT2D eigenvalue weighted by Crippen LogP contribution is 2.23. The summed E-state index contributed by atoms with van der Waals surface area (Å²) in [7, 11) is 1.74. The number of carbonyl (C=O) groups is 1. The van der Waals surface area contributed by atoms with Crippen molar-refractivity contribution in [2.24, 2.45) is 11.7 Å². The van der Waals surface area contributed by atoms with Crippen molar-refractivity contribution in [3.8, 4) is 0 Å². The van der Waals surface area contributed by atoms with Crippen molar-refractivity contribution in [1.29, 1.82) is 0 Å². The fourth-order valence-electron chi connectivity index (χ4n) is 3.31. The number of nitrogens with zero attached hydrogens (tertiary/aromatic N) is 1. The van der Waals surface area contributed by atoms with Gasteiger partial charge < -0.3 is 20.7 Å². The number of rotatable bonds is 5. The SMILES string of the molecule is COCCN1CCC(NC(=O)C2CCCC(N)C2)CC1. The van der Waals surface area contributed by atoms with Gasteiger partial charge in [-0.2, -0.15) is 0 Å².